The maximum atomic E-state index is 12.5. The molecule has 0 aliphatic carbocycles. The second kappa shape index (κ2) is 8.65. The average molecular weight is 324 g/mol. The summed E-state index contributed by atoms with van der Waals surface area (Å²) in [7, 11) is 1.86. The summed E-state index contributed by atoms with van der Waals surface area (Å²) in [6.07, 6.45) is 0. The van der Waals surface area contributed by atoms with Crippen LogP contribution in [-0.4, -0.2) is 24.4 Å². The zero-order valence-electron chi connectivity index (χ0n) is 15.1. The molecule has 2 rings (SSSR count). The first kappa shape index (κ1) is 18.2. The van der Waals surface area contributed by atoms with Crippen LogP contribution in [0.2, 0.25) is 0 Å². The van der Waals surface area contributed by atoms with Crippen LogP contribution in [-0.2, 0) is 11.3 Å². The number of rotatable bonds is 7. The van der Waals surface area contributed by atoms with Crippen molar-refractivity contribution in [2.75, 3.05) is 13.6 Å². The second-order valence-electron chi connectivity index (χ2n) is 6.69. The Hall–Kier alpha value is -2.13. The van der Waals surface area contributed by atoms with Gasteiger partial charge in [-0.05, 0) is 29.5 Å². The van der Waals surface area contributed by atoms with Gasteiger partial charge in [-0.3, -0.25) is 4.79 Å². The highest BCUT2D eigenvalue weighted by atomic mass is 16.2. The lowest BCUT2D eigenvalue weighted by Crippen LogP contribution is -2.38. The molecule has 128 valence electrons. The maximum absolute atomic E-state index is 12.5. The molecule has 0 aromatic heterocycles. The van der Waals surface area contributed by atoms with Gasteiger partial charge in [-0.2, -0.15) is 0 Å². The van der Waals surface area contributed by atoms with Crippen LogP contribution in [0.1, 0.15) is 36.6 Å². The predicted octanol–water partition coefficient (Wildman–Crippen LogP) is 3.94. The summed E-state index contributed by atoms with van der Waals surface area (Å²) >= 11 is 0. The minimum atomic E-state index is 0.111. The summed E-state index contributed by atoms with van der Waals surface area (Å²) in [5.41, 5.74) is 3.63. The number of nitrogens with one attached hydrogen (secondary N) is 1. The van der Waals surface area contributed by atoms with Gasteiger partial charge in [0.2, 0.25) is 5.91 Å². The molecule has 1 N–H and O–H groups in total. The summed E-state index contributed by atoms with van der Waals surface area (Å²) in [5, 5.41) is 3.43. The van der Waals surface area contributed by atoms with Crippen molar-refractivity contribution in [3.05, 3.63) is 71.3 Å². The van der Waals surface area contributed by atoms with Gasteiger partial charge >= 0.3 is 0 Å². The van der Waals surface area contributed by atoms with Gasteiger partial charge < -0.3 is 10.2 Å². The Bertz CT molecular complexity index is 652. The molecule has 0 bridgehead atoms. The molecule has 0 heterocycles. The van der Waals surface area contributed by atoms with Crippen molar-refractivity contribution >= 4 is 5.91 Å². The summed E-state index contributed by atoms with van der Waals surface area (Å²) in [4.78, 5) is 14.3. The van der Waals surface area contributed by atoms with Crippen molar-refractivity contribution in [3.63, 3.8) is 0 Å². The van der Waals surface area contributed by atoms with E-state index < -0.39 is 0 Å². The van der Waals surface area contributed by atoms with Gasteiger partial charge in [0.25, 0.3) is 0 Å². The monoisotopic (exact) mass is 324 g/mol. The van der Waals surface area contributed by atoms with Crippen LogP contribution in [0.25, 0.3) is 0 Å². The number of nitrogens with zero attached hydrogens (tertiary/aromatic N) is 1. The third-order valence-corrected chi connectivity index (χ3v) is 4.39. The predicted molar refractivity (Wildman–Crippen MR) is 99.7 cm³/mol. The van der Waals surface area contributed by atoms with Gasteiger partial charge in [0, 0.05) is 19.6 Å². The van der Waals surface area contributed by atoms with E-state index in [1.54, 1.807) is 4.90 Å². The van der Waals surface area contributed by atoms with Crippen LogP contribution in [0.3, 0.4) is 0 Å². The van der Waals surface area contributed by atoms with Crippen LogP contribution in [0.4, 0.5) is 0 Å². The highest BCUT2D eigenvalue weighted by Crippen LogP contribution is 2.21. The lowest BCUT2D eigenvalue weighted by Gasteiger charge is -2.25. The topological polar surface area (TPSA) is 32.3 Å². The van der Waals surface area contributed by atoms with Gasteiger partial charge in [0.15, 0.2) is 0 Å². The van der Waals surface area contributed by atoms with Crippen molar-refractivity contribution in [1.82, 2.24) is 10.2 Å². The number of likely N-dealkylation sites (N-methyl/N-ethyl adjacent to an activating group) is 1. The summed E-state index contributed by atoms with van der Waals surface area (Å²) in [6.45, 7) is 7.42. The highest BCUT2D eigenvalue weighted by Gasteiger charge is 2.18. The van der Waals surface area contributed by atoms with Gasteiger partial charge in [-0.25, -0.2) is 0 Å². The minimum Gasteiger partial charge on any atom is -0.340 e. The Morgan fingerprint density at radius 1 is 1.04 bits per heavy atom. The fourth-order valence-corrected chi connectivity index (χ4v) is 2.86. The molecule has 0 radical (unpaired) electrons. The minimum absolute atomic E-state index is 0.111. The third-order valence-electron chi connectivity index (χ3n) is 4.39. The molecule has 0 fully saturated rings. The summed E-state index contributed by atoms with van der Waals surface area (Å²) in [6, 6.07) is 18.7. The molecule has 0 saturated heterocycles. The summed E-state index contributed by atoms with van der Waals surface area (Å²) in [5.74, 6) is 0.529. The molecule has 1 amide bonds. The molecule has 3 nitrogen and oxygen atoms in total. The van der Waals surface area contributed by atoms with E-state index in [4.69, 9.17) is 0 Å². The molecule has 0 spiro atoms. The number of carbonyl (C=O) groups is 1. The first-order valence-corrected chi connectivity index (χ1v) is 8.56. The Balaban J connectivity index is 1.94. The SMILES string of the molecule is Cc1ccccc1CN(C)C(=O)CNC(c1ccccc1)C(C)C. The Morgan fingerprint density at radius 3 is 2.29 bits per heavy atom. The Morgan fingerprint density at radius 2 is 1.67 bits per heavy atom. The van der Waals surface area contributed by atoms with Crippen LogP contribution in [0.5, 0.6) is 0 Å². The normalized spacial score (nSPS) is 12.2. The average Bonchev–Trinajstić information content (AvgIpc) is 2.57. The molecule has 1 unspecified atom stereocenters. The van der Waals surface area contributed by atoms with Crippen molar-refractivity contribution in [3.8, 4) is 0 Å². The molecule has 0 aliphatic rings. The van der Waals surface area contributed by atoms with Crippen molar-refractivity contribution in [2.24, 2.45) is 5.92 Å². The van der Waals surface area contributed by atoms with Crippen LogP contribution in [0.15, 0.2) is 54.6 Å². The van der Waals surface area contributed by atoms with Gasteiger partial charge in [0.1, 0.15) is 0 Å². The number of carbonyl (C=O) groups excluding carboxylic acids is 1. The highest BCUT2D eigenvalue weighted by molar-refractivity contribution is 5.78. The van der Waals surface area contributed by atoms with E-state index in [1.165, 1.54) is 16.7 Å². The van der Waals surface area contributed by atoms with E-state index in [1.807, 2.05) is 37.4 Å². The number of hydrogen-bond acceptors (Lipinski definition) is 2. The van der Waals surface area contributed by atoms with Crippen LogP contribution in [0, 0.1) is 12.8 Å². The third kappa shape index (κ3) is 4.93. The standard InChI is InChI=1S/C21H28N2O/c1-16(2)21(18-11-6-5-7-12-18)22-14-20(24)23(4)15-19-13-9-8-10-17(19)3/h5-13,16,21-22H,14-15H2,1-4H3. The largest absolute Gasteiger partial charge is 0.340 e. The molecule has 24 heavy (non-hydrogen) atoms. The first-order valence-electron chi connectivity index (χ1n) is 8.56. The van der Waals surface area contributed by atoms with Gasteiger partial charge in [0.05, 0.1) is 6.54 Å². The molecule has 1 atom stereocenters. The maximum Gasteiger partial charge on any atom is 0.236 e. The van der Waals surface area contributed by atoms with E-state index in [9.17, 15) is 4.79 Å². The molecular weight excluding hydrogens is 296 g/mol. The fraction of sp³-hybridized carbons (Fsp3) is 0.381. The zero-order valence-corrected chi connectivity index (χ0v) is 15.1. The van der Waals surface area contributed by atoms with Gasteiger partial charge in [-0.1, -0.05) is 68.4 Å². The quantitative estimate of drug-likeness (QED) is 0.836. The Labute approximate surface area is 145 Å². The van der Waals surface area contributed by atoms with Crippen molar-refractivity contribution in [1.29, 1.82) is 0 Å². The molecule has 2 aromatic carbocycles. The van der Waals surface area contributed by atoms with E-state index >= 15 is 0 Å². The number of amides is 1. The smallest absolute Gasteiger partial charge is 0.236 e. The number of hydrogen-bond donors (Lipinski definition) is 1. The number of aryl methyl sites for hydroxylation is 1. The lowest BCUT2D eigenvalue weighted by atomic mass is 9.96. The van der Waals surface area contributed by atoms with Crippen molar-refractivity contribution in [2.45, 2.75) is 33.4 Å². The lowest BCUT2D eigenvalue weighted by molar-refractivity contribution is -0.129. The van der Waals surface area contributed by atoms with Crippen molar-refractivity contribution < 1.29 is 4.79 Å². The van der Waals surface area contributed by atoms with Crippen LogP contribution >= 0.6 is 0 Å². The van der Waals surface area contributed by atoms with E-state index in [2.05, 4.69) is 50.4 Å². The van der Waals surface area contributed by atoms with E-state index in [0.717, 1.165) is 0 Å². The molecular formula is C21H28N2O. The first-order chi connectivity index (χ1) is 11.5. The second-order valence-corrected chi connectivity index (χ2v) is 6.69. The molecule has 2 aromatic rings. The number of benzene rings is 2. The fourth-order valence-electron chi connectivity index (χ4n) is 2.86. The molecule has 0 aliphatic heterocycles. The zero-order chi connectivity index (χ0) is 17.5. The van der Waals surface area contributed by atoms with Gasteiger partial charge in [-0.15, -0.1) is 0 Å². The summed E-state index contributed by atoms with van der Waals surface area (Å²) < 4.78 is 0. The molecule has 0 saturated carbocycles. The van der Waals surface area contributed by atoms with E-state index in [-0.39, 0.29) is 11.9 Å². The molecule has 3 heteroatoms. The van der Waals surface area contributed by atoms with Crippen LogP contribution < -0.4 is 5.32 Å². The Kier molecular flexibility index (Phi) is 6.56. The van der Waals surface area contributed by atoms with E-state index in [0.29, 0.717) is 19.0 Å².